The zero-order valence-electron chi connectivity index (χ0n) is 18.2. The summed E-state index contributed by atoms with van der Waals surface area (Å²) in [6.45, 7) is 0.473. The van der Waals surface area contributed by atoms with Crippen molar-refractivity contribution in [2.24, 2.45) is 0 Å². The molecule has 0 fully saturated rings. The smallest absolute Gasteiger partial charge is 0.251 e. The first-order valence-corrected chi connectivity index (χ1v) is 9.87. The van der Waals surface area contributed by atoms with E-state index in [1.807, 2.05) is 12.1 Å². The summed E-state index contributed by atoms with van der Waals surface area (Å²) in [7, 11) is 4.65. The highest BCUT2D eigenvalue weighted by molar-refractivity contribution is 5.94. The van der Waals surface area contributed by atoms with E-state index in [1.54, 1.807) is 69.9 Å². The molecule has 3 aromatic rings. The Morgan fingerprint density at radius 1 is 0.875 bits per heavy atom. The molecule has 0 radical (unpaired) electrons. The molecule has 0 atom stereocenters. The number of carbonyl (C=O) groups excluding carboxylic acids is 1. The van der Waals surface area contributed by atoms with E-state index in [4.69, 9.17) is 18.9 Å². The maximum atomic E-state index is 12.7. The molecule has 0 heterocycles. The number of nitriles is 1. The van der Waals surface area contributed by atoms with Crippen molar-refractivity contribution in [1.82, 2.24) is 5.32 Å². The van der Waals surface area contributed by atoms with Crippen molar-refractivity contribution < 1.29 is 23.7 Å². The van der Waals surface area contributed by atoms with Crippen molar-refractivity contribution in [3.8, 4) is 29.1 Å². The van der Waals surface area contributed by atoms with Crippen LogP contribution < -0.4 is 24.3 Å². The molecule has 3 rings (SSSR count). The van der Waals surface area contributed by atoms with Crippen LogP contribution in [-0.4, -0.2) is 27.2 Å². The molecule has 0 aliphatic carbocycles. The van der Waals surface area contributed by atoms with E-state index in [-0.39, 0.29) is 19.1 Å². The second-order valence-corrected chi connectivity index (χ2v) is 6.79. The van der Waals surface area contributed by atoms with Crippen LogP contribution in [0.3, 0.4) is 0 Å². The van der Waals surface area contributed by atoms with Crippen LogP contribution in [0.5, 0.6) is 23.0 Å². The minimum absolute atomic E-state index is 0.234. The minimum atomic E-state index is -0.260. The van der Waals surface area contributed by atoms with Gasteiger partial charge in [-0.3, -0.25) is 4.79 Å². The molecular formula is C25H24N2O5. The maximum Gasteiger partial charge on any atom is 0.251 e. The molecule has 0 saturated heterocycles. The predicted octanol–water partition coefficient (Wildman–Crippen LogP) is 4.09. The highest BCUT2D eigenvalue weighted by Gasteiger charge is 2.14. The van der Waals surface area contributed by atoms with Crippen molar-refractivity contribution in [3.05, 3.63) is 82.9 Å². The first-order valence-electron chi connectivity index (χ1n) is 9.87. The quantitative estimate of drug-likeness (QED) is 0.548. The third-order valence-corrected chi connectivity index (χ3v) is 4.85. The molecule has 32 heavy (non-hydrogen) atoms. The van der Waals surface area contributed by atoms with Gasteiger partial charge in [-0.05, 0) is 30.3 Å². The summed E-state index contributed by atoms with van der Waals surface area (Å²) in [5, 5.41) is 12.1. The van der Waals surface area contributed by atoms with Crippen LogP contribution in [0.2, 0.25) is 0 Å². The summed E-state index contributed by atoms with van der Waals surface area (Å²) in [6, 6.07) is 19.8. The minimum Gasteiger partial charge on any atom is -0.496 e. The van der Waals surface area contributed by atoms with Gasteiger partial charge in [0.05, 0.1) is 33.0 Å². The zero-order chi connectivity index (χ0) is 22.9. The third kappa shape index (κ3) is 5.29. The van der Waals surface area contributed by atoms with Crippen molar-refractivity contribution in [2.45, 2.75) is 13.2 Å². The van der Waals surface area contributed by atoms with E-state index in [2.05, 4.69) is 11.4 Å². The second-order valence-electron chi connectivity index (χ2n) is 6.79. The Morgan fingerprint density at radius 3 is 2.31 bits per heavy atom. The number of nitrogens with zero attached hydrogens (tertiary/aromatic N) is 1. The number of hydrogen-bond donors (Lipinski definition) is 1. The van der Waals surface area contributed by atoms with Crippen LogP contribution in [0.15, 0.2) is 60.7 Å². The molecule has 7 nitrogen and oxygen atoms in total. The molecule has 0 unspecified atom stereocenters. The second kappa shape index (κ2) is 10.7. The highest BCUT2D eigenvalue weighted by atomic mass is 16.5. The molecule has 0 aliphatic heterocycles. The Bertz CT molecular complexity index is 1140. The summed E-state index contributed by atoms with van der Waals surface area (Å²) in [5.74, 6) is 1.95. The van der Waals surface area contributed by atoms with Crippen LogP contribution in [0.25, 0.3) is 0 Å². The number of ether oxygens (including phenoxy) is 4. The topological polar surface area (TPSA) is 89.8 Å². The van der Waals surface area contributed by atoms with Gasteiger partial charge >= 0.3 is 0 Å². The van der Waals surface area contributed by atoms with Crippen LogP contribution in [0.4, 0.5) is 0 Å². The summed E-state index contributed by atoms with van der Waals surface area (Å²) >= 11 is 0. The zero-order valence-corrected chi connectivity index (χ0v) is 18.2. The number of amides is 1. The lowest BCUT2D eigenvalue weighted by Crippen LogP contribution is -2.23. The van der Waals surface area contributed by atoms with Crippen molar-refractivity contribution in [2.75, 3.05) is 21.3 Å². The molecule has 3 aromatic carbocycles. The average Bonchev–Trinajstić information content (AvgIpc) is 2.85. The molecule has 164 valence electrons. The lowest BCUT2D eigenvalue weighted by Gasteiger charge is -2.15. The number of rotatable bonds is 9. The first kappa shape index (κ1) is 22.5. The standard InChI is InChI=1S/C25H24N2O5/c1-29-22-13-24(31-3)23(30-2)12-20(22)15-27-25(28)17-9-6-10-21(11-17)32-16-19-8-5-4-7-18(19)14-26/h4-13H,15-16H2,1-3H3,(H,27,28). The van der Waals surface area contributed by atoms with Gasteiger partial charge in [0.2, 0.25) is 0 Å². The Labute approximate surface area is 187 Å². The van der Waals surface area contributed by atoms with Crippen LogP contribution in [0.1, 0.15) is 27.0 Å². The van der Waals surface area contributed by atoms with Crippen molar-refractivity contribution in [1.29, 1.82) is 5.26 Å². The largest absolute Gasteiger partial charge is 0.496 e. The summed E-state index contributed by atoms with van der Waals surface area (Å²) in [5.41, 5.74) is 2.55. The van der Waals surface area contributed by atoms with Gasteiger partial charge in [0.1, 0.15) is 18.1 Å². The molecule has 1 N–H and O–H groups in total. The Kier molecular flexibility index (Phi) is 7.55. The van der Waals surface area contributed by atoms with Crippen molar-refractivity contribution in [3.63, 3.8) is 0 Å². The van der Waals surface area contributed by atoms with Gasteiger partial charge in [-0.1, -0.05) is 24.3 Å². The number of carbonyl (C=O) groups is 1. The van der Waals surface area contributed by atoms with Crippen LogP contribution in [0, 0.1) is 11.3 Å². The van der Waals surface area contributed by atoms with Gasteiger partial charge in [0.15, 0.2) is 11.5 Å². The molecule has 0 aliphatic rings. The number of methoxy groups -OCH3 is 3. The van der Waals surface area contributed by atoms with E-state index in [0.717, 1.165) is 11.1 Å². The Morgan fingerprint density at radius 2 is 1.59 bits per heavy atom. The normalized spacial score (nSPS) is 10.1. The van der Waals surface area contributed by atoms with Gasteiger partial charge < -0.3 is 24.3 Å². The van der Waals surface area contributed by atoms with Gasteiger partial charge in [-0.25, -0.2) is 0 Å². The molecule has 0 saturated carbocycles. The lowest BCUT2D eigenvalue weighted by atomic mass is 10.1. The van der Waals surface area contributed by atoms with E-state index in [0.29, 0.717) is 34.1 Å². The van der Waals surface area contributed by atoms with Gasteiger partial charge in [0, 0.05) is 29.3 Å². The Balaban J connectivity index is 1.68. The van der Waals surface area contributed by atoms with Gasteiger partial charge in [-0.2, -0.15) is 5.26 Å². The maximum absolute atomic E-state index is 12.7. The molecule has 0 aromatic heterocycles. The number of nitrogens with one attached hydrogen (secondary N) is 1. The van der Waals surface area contributed by atoms with Crippen LogP contribution >= 0.6 is 0 Å². The predicted molar refractivity (Wildman–Crippen MR) is 119 cm³/mol. The fraction of sp³-hybridized carbons (Fsp3) is 0.200. The van der Waals surface area contributed by atoms with E-state index < -0.39 is 0 Å². The van der Waals surface area contributed by atoms with Crippen molar-refractivity contribution >= 4 is 5.91 Å². The molecule has 0 bridgehead atoms. The lowest BCUT2D eigenvalue weighted by molar-refractivity contribution is 0.0950. The number of hydrogen-bond acceptors (Lipinski definition) is 6. The fourth-order valence-corrected chi connectivity index (χ4v) is 3.15. The van der Waals surface area contributed by atoms with E-state index >= 15 is 0 Å². The summed E-state index contributed by atoms with van der Waals surface area (Å²) in [6.07, 6.45) is 0. The van der Waals surface area contributed by atoms with E-state index in [1.165, 1.54) is 0 Å². The third-order valence-electron chi connectivity index (χ3n) is 4.85. The van der Waals surface area contributed by atoms with E-state index in [9.17, 15) is 10.1 Å². The summed E-state index contributed by atoms with van der Waals surface area (Å²) < 4.78 is 21.8. The number of benzene rings is 3. The summed E-state index contributed by atoms with van der Waals surface area (Å²) in [4.78, 5) is 12.7. The SMILES string of the molecule is COc1cc(OC)c(OC)cc1CNC(=O)c1cccc(OCc2ccccc2C#N)c1. The Hall–Kier alpha value is -4.18. The first-order chi connectivity index (χ1) is 15.6. The highest BCUT2D eigenvalue weighted by Crippen LogP contribution is 2.34. The van der Waals surface area contributed by atoms with Gasteiger partial charge in [0.25, 0.3) is 5.91 Å². The average molecular weight is 432 g/mol. The molecule has 7 heteroatoms. The molecule has 0 spiro atoms. The van der Waals surface area contributed by atoms with Crippen LogP contribution in [-0.2, 0) is 13.2 Å². The molecule has 1 amide bonds. The van der Waals surface area contributed by atoms with Gasteiger partial charge in [-0.15, -0.1) is 0 Å². The monoisotopic (exact) mass is 432 g/mol. The fourth-order valence-electron chi connectivity index (χ4n) is 3.15. The molecular weight excluding hydrogens is 408 g/mol.